The molecule has 0 radical (unpaired) electrons. The number of allylic oxidation sites excluding steroid dienone is 3. The molecule has 0 bridgehead atoms. The molecule has 0 saturated heterocycles. The average molecular weight is 336 g/mol. The summed E-state index contributed by atoms with van der Waals surface area (Å²) in [4.78, 5) is 9.31. The number of imidazole rings is 1. The number of fused-ring (bicyclic) bond motifs is 3. The van der Waals surface area contributed by atoms with Crippen LogP contribution in [0.3, 0.4) is 0 Å². The minimum absolute atomic E-state index is 0.481. The molecule has 0 saturated carbocycles. The van der Waals surface area contributed by atoms with E-state index in [0.717, 1.165) is 52.7 Å². The summed E-state index contributed by atoms with van der Waals surface area (Å²) in [5.41, 5.74) is 9.89. The third kappa shape index (κ3) is 3.43. The second-order valence-corrected chi connectivity index (χ2v) is 5.60. The maximum Gasteiger partial charge on any atom is 0.152 e. The monoisotopic (exact) mass is 336 g/mol. The number of nitrogens with two attached hydrogens (primary N) is 1. The molecule has 25 heavy (non-hydrogen) atoms. The normalized spacial score (nSPS) is 11.4. The number of nitrogen functional groups attached to an aromatic ring is 1. The van der Waals surface area contributed by atoms with Crippen LogP contribution in [0, 0.1) is 0 Å². The zero-order valence-electron chi connectivity index (χ0n) is 15.7. The van der Waals surface area contributed by atoms with Crippen LogP contribution in [0.25, 0.3) is 27.6 Å². The molecule has 0 atom stereocenters. The van der Waals surface area contributed by atoms with Crippen molar-refractivity contribution in [3.05, 3.63) is 48.8 Å². The number of anilines is 1. The quantitative estimate of drug-likeness (QED) is 0.619. The zero-order valence-corrected chi connectivity index (χ0v) is 15.7. The van der Waals surface area contributed by atoms with Crippen molar-refractivity contribution in [2.24, 2.45) is 0 Å². The summed E-state index contributed by atoms with van der Waals surface area (Å²) < 4.78 is 2.18. The number of aryl methyl sites for hydroxylation is 1. The van der Waals surface area contributed by atoms with Crippen molar-refractivity contribution in [3.8, 4) is 0 Å². The lowest BCUT2D eigenvalue weighted by molar-refractivity contribution is 0.748. The summed E-state index contributed by atoms with van der Waals surface area (Å²) in [7, 11) is 0. The van der Waals surface area contributed by atoms with E-state index in [1.165, 1.54) is 0 Å². The van der Waals surface area contributed by atoms with E-state index in [0.29, 0.717) is 5.82 Å². The Morgan fingerprint density at radius 1 is 1.24 bits per heavy atom. The van der Waals surface area contributed by atoms with Crippen molar-refractivity contribution >= 4 is 33.5 Å². The van der Waals surface area contributed by atoms with Gasteiger partial charge in [-0.3, -0.25) is 4.57 Å². The van der Waals surface area contributed by atoms with Crippen molar-refractivity contribution in [1.29, 1.82) is 0 Å². The van der Waals surface area contributed by atoms with Crippen LogP contribution in [0.15, 0.2) is 43.0 Å². The summed E-state index contributed by atoms with van der Waals surface area (Å²) >= 11 is 0. The molecule has 0 aliphatic rings. The number of para-hydroxylation sites is 1. The molecular weight excluding hydrogens is 308 g/mol. The number of rotatable bonds is 5. The predicted octanol–water partition coefficient (Wildman–Crippen LogP) is 5.58. The lowest BCUT2D eigenvalue weighted by Gasteiger charge is -2.11. The lowest BCUT2D eigenvalue weighted by atomic mass is 10.1. The fourth-order valence-corrected chi connectivity index (χ4v) is 2.97. The van der Waals surface area contributed by atoms with Crippen molar-refractivity contribution in [2.45, 2.75) is 47.0 Å². The molecule has 2 aromatic heterocycles. The van der Waals surface area contributed by atoms with Crippen LogP contribution in [0.4, 0.5) is 5.82 Å². The van der Waals surface area contributed by atoms with Crippen molar-refractivity contribution in [1.82, 2.24) is 14.5 Å². The van der Waals surface area contributed by atoms with E-state index in [9.17, 15) is 0 Å². The average Bonchev–Trinajstić information content (AvgIpc) is 3.03. The Hall–Kier alpha value is -2.62. The summed E-state index contributed by atoms with van der Waals surface area (Å²) in [6.45, 7) is 12.2. The van der Waals surface area contributed by atoms with E-state index in [1.807, 2.05) is 45.0 Å². The van der Waals surface area contributed by atoms with Gasteiger partial charge in [0.15, 0.2) is 5.82 Å². The Balaban J connectivity index is 0.00000109. The molecule has 132 valence electrons. The molecule has 0 aliphatic heterocycles. The summed E-state index contributed by atoms with van der Waals surface area (Å²) in [6.07, 6.45) is 7.03. The Bertz CT molecular complexity index is 903. The molecule has 3 rings (SSSR count). The van der Waals surface area contributed by atoms with Crippen molar-refractivity contribution in [3.63, 3.8) is 0 Å². The van der Waals surface area contributed by atoms with Crippen LogP contribution < -0.4 is 5.73 Å². The van der Waals surface area contributed by atoms with Gasteiger partial charge in [0.1, 0.15) is 11.3 Å². The van der Waals surface area contributed by atoms with E-state index in [4.69, 9.17) is 10.7 Å². The van der Waals surface area contributed by atoms with Gasteiger partial charge in [-0.1, -0.05) is 58.0 Å². The Morgan fingerprint density at radius 2 is 1.96 bits per heavy atom. The van der Waals surface area contributed by atoms with Crippen LogP contribution >= 0.6 is 0 Å². The molecule has 4 heteroatoms. The number of hydrogen-bond acceptors (Lipinski definition) is 3. The van der Waals surface area contributed by atoms with Crippen molar-refractivity contribution in [2.75, 3.05) is 5.73 Å². The first-order chi connectivity index (χ1) is 12.2. The SMILES string of the molecule is C=C/C(=C\C)n1c(CCCC)nc2c(N)nc3ccccc3c21.CC. The lowest BCUT2D eigenvalue weighted by Crippen LogP contribution is -2.02. The minimum Gasteiger partial charge on any atom is -0.382 e. The van der Waals surface area contributed by atoms with Gasteiger partial charge < -0.3 is 5.73 Å². The van der Waals surface area contributed by atoms with E-state index in [1.54, 1.807) is 0 Å². The van der Waals surface area contributed by atoms with Gasteiger partial charge in [0.25, 0.3) is 0 Å². The Labute approximate surface area is 150 Å². The molecule has 4 nitrogen and oxygen atoms in total. The number of aromatic nitrogens is 3. The summed E-state index contributed by atoms with van der Waals surface area (Å²) in [5, 5.41) is 1.06. The largest absolute Gasteiger partial charge is 0.382 e. The van der Waals surface area contributed by atoms with Crippen LogP contribution in [0.5, 0.6) is 0 Å². The van der Waals surface area contributed by atoms with Gasteiger partial charge in [0.2, 0.25) is 0 Å². The summed E-state index contributed by atoms with van der Waals surface area (Å²) in [6, 6.07) is 8.05. The molecule has 0 amide bonds. The Kier molecular flexibility index (Phi) is 6.34. The fourth-order valence-electron chi connectivity index (χ4n) is 2.97. The molecule has 1 aromatic carbocycles. The molecule has 0 unspecified atom stereocenters. The van der Waals surface area contributed by atoms with Crippen LogP contribution in [-0.2, 0) is 6.42 Å². The van der Waals surface area contributed by atoms with Crippen LogP contribution in [0.2, 0.25) is 0 Å². The number of unbranched alkanes of at least 4 members (excludes halogenated alkanes) is 1. The topological polar surface area (TPSA) is 56.7 Å². The van der Waals surface area contributed by atoms with Gasteiger partial charge in [0.05, 0.1) is 11.0 Å². The summed E-state index contributed by atoms with van der Waals surface area (Å²) in [5.74, 6) is 1.49. The van der Waals surface area contributed by atoms with Gasteiger partial charge >= 0.3 is 0 Å². The fraction of sp³-hybridized carbons (Fsp3) is 0.333. The number of hydrogen-bond donors (Lipinski definition) is 1. The Morgan fingerprint density at radius 3 is 2.60 bits per heavy atom. The molecule has 2 heterocycles. The maximum atomic E-state index is 6.18. The van der Waals surface area contributed by atoms with E-state index >= 15 is 0 Å². The van der Waals surface area contributed by atoms with Gasteiger partial charge in [0, 0.05) is 17.5 Å². The third-order valence-electron chi connectivity index (χ3n) is 4.11. The minimum atomic E-state index is 0.481. The highest BCUT2D eigenvalue weighted by atomic mass is 15.1. The smallest absolute Gasteiger partial charge is 0.152 e. The first-order valence-electron chi connectivity index (χ1n) is 9.05. The van der Waals surface area contributed by atoms with Crippen LogP contribution in [0.1, 0.15) is 46.4 Å². The molecular formula is C21H28N4. The van der Waals surface area contributed by atoms with Gasteiger partial charge in [-0.25, -0.2) is 9.97 Å². The second-order valence-electron chi connectivity index (χ2n) is 5.60. The molecule has 0 fully saturated rings. The highest BCUT2D eigenvalue weighted by Crippen LogP contribution is 2.31. The maximum absolute atomic E-state index is 6.18. The first kappa shape index (κ1) is 18.7. The van der Waals surface area contributed by atoms with E-state index < -0.39 is 0 Å². The number of nitrogens with zero attached hydrogens (tertiary/aromatic N) is 3. The number of pyridine rings is 1. The second kappa shape index (κ2) is 8.47. The van der Waals surface area contributed by atoms with E-state index in [2.05, 4.69) is 35.2 Å². The zero-order chi connectivity index (χ0) is 18.4. The first-order valence-corrected chi connectivity index (χ1v) is 9.05. The van der Waals surface area contributed by atoms with Gasteiger partial charge in [-0.15, -0.1) is 0 Å². The van der Waals surface area contributed by atoms with E-state index in [-0.39, 0.29) is 0 Å². The standard InChI is InChI=1S/C19H22N4.C2H6/c1-4-7-12-16-22-17-18(23(16)13(5-2)6-3)14-10-8-9-11-15(14)21-19(17)20;1-2/h5-6,8-11H,2,4,7,12H2,1,3H3,(H2,20,21);1-2H3/b13-6+;. The predicted molar refractivity (Wildman–Crippen MR) is 110 cm³/mol. The molecule has 0 aliphatic carbocycles. The number of benzene rings is 1. The highest BCUT2D eigenvalue weighted by Gasteiger charge is 2.18. The molecule has 2 N–H and O–H groups in total. The van der Waals surface area contributed by atoms with Gasteiger partial charge in [-0.2, -0.15) is 0 Å². The third-order valence-corrected chi connectivity index (χ3v) is 4.11. The van der Waals surface area contributed by atoms with Crippen LogP contribution in [-0.4, -0.2) is 14.5 Å². The van der Waals surface area contributed by atoms with Crippen molar-refractivity contribution < 1.29 is 0 Å². The van der Waals surface area contributed by atoms with Gasteiger partial charge in [-0.05, 0) is 25.5 Å². The molecule has 0 spiro atoms. The molecule has 3 aromatic rings. The highest BCUT2D eigenvalue weighted by molar-refractivity contribution is 6.08.